The molecule has 1 N–H and O–H groups in total. The number of halogens is 3. The Balaban J connectivity index is 1.48. The molecule has 0 spiro atoms. The Bertz CT molecular complexity index is 1070. The Hall–Kier alpha value is -2.81. The lowest BCUT2D eigenvalue weighted by Crippen LogP contribution is -2.33. The highest BCUT2D eigenvalue weighted by atomic mass is 19.4. The zero-order valence-electron chi connectivity index (χ0n) is 17.5. The van der Waals surface area contributed by atoms with E-state index in [1.54, 1.807) is 19.1 Å². The molecule has 2 aromatic heterocycles. The number of piperidine rings is 1. The van der Waals surface area contributed by atoms with Crippen LogP contribution in [0.2, 0.25) is 0 Å². The van der Waals surface area contributed by atoms with E-state index in [4.69, 9.17) is 4.74 Å². The van der Waals surface area contributed by atoms with Gasteiger partial charge in [-0.15, -0.1) is 0 Å². The van der Waals surface area contributed by atoms with Gasteiger partial charge >= 0.3 is 6.18 Å². The molecule has 1 saturated heterocycles. The van der Waals surface area contributed by atoms with E-state index in [0.29, 0.717) is 30.3 Å². The van der Waals surface area contributed by atoms with Crippen LogP contribution in [0.4, 0.5) is 13.2 Å². The third-order valence-corrected chi connectivity index (χ3v) is 5.60. The van der Waals surface area contributed by atoms with Crippen molar-refractivity contribution in [2.24, 2.45) is 0 Å². The second-order valence-corrected chi connectivity index (χ2v) is 7.91. The molecule has 4 rings (SSSR count). The van der Waals surface area contributed by atoms with Gasteiger partial charge in [0.15, 0.2) is 17.1 Å². The summed E-state index contributed by atoms with van der Waals surface area (Å²) in [6.45, 7) is 6.18. The minimum atomic E-state index is -4.49. The van der Waals surface area contributed by atoms with Gasteiger partial charge < -0.3 is 9.84 Å². The van der Waals surface area contributed by atoms with Crippen molar-refractivity contribution >= 4 is 5.65 Å². The first-order chi connectivity index (χ1) is 14.7. The lowest BCUT2D eigenvalue weighted by Gasteiger charge is -2.32. The Kier molecular flexibility index (Phi) is 5.79. The van der Waals surface area contributed by atoms with E-state index in [9.17, 15) is 18.3 Å². The quantitative estimate of drug-likeness (QED) is 0.639. The topological polar surface area (TPSA) is 62.9 Å². The van der Waals surface area contributed by atoms with Crippen molar-refractivity contribution in [3.63, 3.8) is 0 Å². The molecule has 0 radical (unpaired) electrons. The molecule has 166 valence electrons. The maximum atomic E-state index is 13.6. The molecule has 9 heteroatoms. The smallest absolute Gasteiger partial charge is 0.433 e. The number of aromatic hydroxyl groups is 1. The zero-order valence-corrected chi connectivity index (χ0v) is 17.5. The Labute approximate surface area is 178 Å². The summed E-state index contributed by atoms with van der Waals surface area (Å²) in [6, 6.07) is 8.04. The molecule has 0 saturated carbocycles. The predicted octanol–water partition coefficient (Wildman–Crippen LogP) is 4.54. The maximum absolute atomic E-state index is 13.6. The summed E-state index contributed by atoms with van der Waals surface area (Å²) in [7, 11) is 0. The fraction of sp³-hybridized carbons (Fsp3) is 0.455. The number of aromatic nitrogens is 3. The minimum absolute atomic E-state index is 0.0311. The predicted molar refractivity (Wildman–Crippen MR) is 109 cm³/mol. The highest BCUT2D eigenvalue weighted by molar-refractivity contribution is 5.43. The van der Waals surface area contributed by atoms with Crippen LogP contribution in [0.3, 0.4) is 0 Å². The van der Waals surface area contributed by atoms with Gasteiger partial charge in [0, 0.05) is 24.2 Å². The van der Waals surface area contributed by atoms with Crippen LogP contribution in [0, 0.1) is 6.92 Å². The van der Waals surface area contributed by atoms with E-state index in [1.807, 2.05) is 19.1 Å². The Morgan fingerprint density at radius 2 is 1.90 bits per heavy atom. The van der Waals surface area contributed by atoms with Crippen LogP contribution in [-0.2, 0) is 12.7 Å². The van der Waals surface area contributed by atoms with E-state index in [0.717, 1.165) is 42.1 Å². The van der Waals surface area contributed by atoms with Crippen molar-refractivity contribution in [1.29, 1.82) is 0 Å². The van der Waals surface area contributed by atoms with Crippen LogP contribution in [0.25, 0.3) is 5.65 Å². The van der Waals surface area contributed by atoms with E-state index < -0.39 is 11.9 Å². The highest BCUT2D eigenvalue weighted by Crippen LogP contribution is 2.34. The van der Waals surface area contributed by atoms with Crippen LogP contribution in [0.5, 0.6) is 11.5 Å². The van der Waals surface area contributed by atoms with Crippen LogP contribution in [0.1, 0.15) is 48.3 Å². The molecule has 0 aliphatic carbocycles. The van der Waals surface area contributed by atoms with Crippen molar-refractivity contribution in [2.45, 2.75) is 45.3 Å². The van der Waals surface area contributed by atoms with E-state index in [-0.39, 0.29) is 17.3 Å². The second kappa shape index (κ2) is 8.37. The summed E-state index contributed by atoms with van der Waals surface area (Å²) < 4.78 is 47.0. The van der Waals surface area contributed by atoms with Gasteiger partial charge in [-0.1, -0.05) is 6.07 Å². The number of phenols is 1. The van der Waals surface area contributed by atoms with Crippen LogP contribution >= 0.6 is 0 Å². The van der Waals surface area contributed by atoms with Crippen molar-refractivity contribution in [3.8, 4) is 11.5 Å². The number of alkyl halides is 3. The molecule has 31 heavy (non-hydrogen) atoms. The standard InChI is InChI=1S/C22H25F3N4O2/c1-3-31-19-11-15(4-5-18(19)30)13-28-8-6-16(7-9-28)17-12-20(22(23,24)25)29-21(26-17)10-14(2)27-29/h4-5,10-12,16,30H,3,6-9,13H2,1-2H3. The van der Waals surface area contributed by atoms with Gasteiger partial charge in [-0.25, -0.2) is 9.50 Å². The number of hydrogen-bond donors (Lipinski definition) is 1. The first-order valence-corrected chi connectivity index (χ1v) is 10.4. The Morgan fingerprint density at radius 1 is 1.16 bits per heavy atom. The third-order valence-electron chi connectivity index (χ3n) is 5.60. The van der Waals surface area contributed by atoms with Crippen LogP contribution in [0.15, 0.2) is 30.3 Å². The van der Waals surface area contributed by atoms with Gasteiger partial charge in [0.2, 0.25) is 0 Å². The fourth-order valence-corrected chi connectivity index (χ4v) is 4.09. The molecule has 0 amide bonds. The molecular formula is C22H25F3N4O2. The van der Waals surface area contributed by atoms with Gasteiger partial charge in [0.1, 0.15) is 5.69 Å². The molecule has 0 atom stereocenters. The summed E-state index contributed by atoms with van der Waals surface area (Å²) in [6.07, 6.45) is -3.04. The SMILES string of the molecule is CCOc1cc(CN2CCC(c3cc(C(F)(F)F)n4nc(C)cc4n3)CC2)ccc1O. The van der Waals surface area contributed by atoms with Crippen molar-refractivity contribution in [1.82, 2.24) is 19.5 Å². The van der Waals surface area contributed by atoms with E-state index >= 15 is 0 Å². The van der Waals surface area contributed by atoms with Gasteiger partial charge in [-0.2, -0.15) is 18.3 Å². The molecule has 3 heterocycles. The van der Waals surface area contributed by atoms with Gasteiger partial charge in [0.25, 0.3) is 0 Å². The number of rotatable bonds is 5. The summed E-state index contributed by atoms with van der Waals surface area (Å²) in [5.74, 6) is 0.542. The van der Waals surface area contributed by atoms with E-state index in [2.05, 4.69) is 15.0 Å². The molecule has 0 unspecified atom stereocenters. The number of benzene rings is 1. The molecule has 6 nitrogen and oxygen atoms in total. The summed E-state index contributed by atoms with van der Waals surface area (Å²) >= 11 is 0. The molecule has 1 aliphatic heterocycles. The van der Waals surface area contributed by atoms with Crippen molar-refractivity contribution in [2.75, 3.05) is 19.7 Å². The average Bonchev–Trinajstić information content (AvgIpc) is 3.09. The summed E-state index contributed by atoms with van der Waals surface area (Å²) in [4.78, 5) is 6.74. The lowest BCUT2D eigenvalue weighted by molar-refractivity contribution is -0.142. The van der Waals surface area contributed by atoms with E-state index in [1.165, 1.54) is 0 Å². The first kappa shape index (κ1) is 21.4. The van der Waals surface area contributed by atoms with Crippen molar-refractivity contribution < 1.29 is 23.0 Å². The molecule has 1 aromatic carbocycles. The monoisotopic (exact) mass is 434 g/mol. The summed E-state index contributed by atoms with van der Waals surface area (Å²) in [5, 5.41) is 13.8. The summed E-state index contributed by atoms with van der Waals surface area (Å²) in [5.41, 5.74) is 1.45. The first-order valence-electron chi connectivity index (χ1n) is 10.4. The number of nitrogens with zero attached hydrogens (tertiary/aromatic N) is 4. The minimum Gasteiger partial charge on any atom is -0.504 e. The Morgan fingerprint density at radius 3 is 2.58 bits per heavy atom. The number of ether oxygens (including phenoxy) is 1. The van der Waals surface area contributed by atoms with Gasteiger partial charge in [-0.05, 0) is 63.5 Å². The molecule has 0 bridgehead atoms. The molecular weight excluding hydrogens is 409 g/mol. The number of aryl methyl sites for hydroxylation is 1. The van der Waals surface area contributed by atoms with Gasteiger partial charge in [-0.3, -0.25) is 4.90 Å². The second-order valence-electron chi connectivity index (χ2n) is 7.91. The van der Waals surface area contributed by atoms with Crippen molar-refractivity contribution in [3.05, 3.63) is 53.0 Å². The largest absolute Gasteiger partial charge is 0.504 e. The van der Waals surface area contributed by atoms with Crippen LogP contribution in [-0.4, -0.2) is 44.3 Å². The molecule has 1 fully saturated rings. The van der Waals surface area contributed by atoms with Gasteiger partial charge in [0.05, 0.1) is 12.3 Å². The van der Waals surface area contributed by atoms with Crippen LogP contribution < -0.4 is 4.74 Å². The lowest BCUT2D eigenvalue weighted by atomic mass is 9.92. The normalized spacial score (nSPS) is 16.2. The average molecular weight is 434 g/mol. The zero-order chi connectivity index (χ0) is 22.2. The number of hydrogen-bond acceptors (Lipinski definition) is 5. The number of fused-ring (bicyclic) bond motifs is 1. The maximum Gasteiger partial charge on any atom is 0.433 e. The third kappa shape index (κ3) is 4.61. The molecule has 1 aliphatic rings. The number of phenolic OH excluding ortho intramolecular Hbond substituents is 1. The molecule has 3 aromatic rings. The fourth-order valence-electron chi connectivity index (χ4n) is 4.09. The highest BCUT2D eigenvalue weighted by Gasteiger charge is 2.36. The number of likely N-dealkylation sites (tertiary alicyclic amines) is 1.